The quantitative estimate of drug-likeness (QED) is 0.485. The Hall–Kier alpha value is -3.16. The fourth-order valence-corrected chi connectivity index (χ4v) is 3.46. The third kappa shape index (κ3) is 3.62. The minimum atomic E-state index is -0.501. The van der Waals surface area contributed by atoms with E-state index in [1.54, 1.807) is 61.0 Å². The number of hydrogen-bond acceptors (Lipinski definition) is 6. The standard InChI is InChI=1S/C20H13ClN2O4S/c1-26-14-6-7-17-12(8-14)9-15(19(25)27-17)16-10-28-20(22-16)23-18(24)11-2-4-13(21)5-3-11/h2-10H,1H3,(H,22,23,24). The normalized spacial score (nSPS) is 10.8. The van der Waals surface area contributed by atoms with Crippen LogP contribution in [0.2, 0.25) is 5.02 Å². The Labute approximate surface area is 168 Å². The molecule has 0 spiro atoms. The lowest BCUT2D eigenvalue weighted by Crippen LogP contribution is -2.11. The van der Waals surface area contributed by atoms with E-state index in [9.17, 15) is 9.59 Å². The molecule has 28 heavy (non-hydrogen) atoms. The highest BCUT2D eigenvalue weighted by Crippen LogP contribution is 2.27. The molecule has 4 rings (SSSR count). The number of hydrogen-bond donors (Lipinski definition) is 1. The molecule has 2 heterocycles. The van der Waals surface area contributed by atoms with Crippen molar-refractivity contribution >= 4 is 44.9 Å². The zero-order valence-corrected chi connectivity index (χ0v) is 16.1. The monoisotopic (exact) mass is 412 g/mol. The molecule has 0 fully saturated rings. The third-order valence-corrected chi connectivity index (χ3v) is 5.06. The molecule has 0 bridgehead atoms. The summed E-state index contributed by atoms with van der Waals surface area (Å²) in [5, 5.41) is 6.05. The number of carbonyl (C=O) groups is 1. The number of thiazole rings is 1. The van der Waals surface area contributed by atoms with Crippen LogP contribution in [0.1, 0.15) is 10.4 Å². The van der Waals surface area contributed by atoms with Gasteiger partial charge in [0.1, 0.15) is 11.3 Å². The SMILES string of the molecule is COc1ccc2oc(=O)c(-c3csc(NC(=O)c4ccc(Cl)cc4)n3)cc2c1. The van der Waals surface area contributed by atoms with Crippen LogP contribution < -0.4 is 15.7 Å². The van der Waals surface area contributed by atoms with Crippen molar-refractivity contribution < 1.29 is 13.9 Å². The molecule has 1 N–H and O–H groups in total. The maximum Gasteiger partial charge on any atom is 0.345 e. The largest absolute Gasteiger partial charge is 0.497 e. The number of nitrogens with one attached hydrogen (secondary N) is 1. The van der Waals surface area contributed by atoms with Crippen LogP contribution in [0, 0.1) is 0 Å². The smallest absolute Gasteiger partial charge is 0.345 e. The Balaban J connectivity index is 1.63. The average Bonchev–Trinajstić information content (AvgIpc) is 3.15. The second kappa shape index (κ2) is 7.46. The van der Waals surface area contributed by atoms with E-state index in [4.69, 9.17) is 20.8 Å². The van der Waals surface area contributed by atoms with Crippen molar-refractivity contribution in [2.45, 2.75) is 0 Å². The van der Waals surface area contributed by atoms with Crippen LogP contribution in [0.25, 0.3) is 22.2 Å². The fraction of sp³-hybridized carbons (Fsp3) is 0.0500. The Morgan fingerprint density at radius 1 is 1.18 bits per heavy atom. The van der Waals surface area contributed by atoms with Gasteiger partial charge < -0.3 is 9.15 Å². The summed E-state index contributed by atoms with van der Waals surface area (Å²) >= 11 is 7.05. The Kier molecular flexibility index (Phi) is 4.85. The van der Waals surface area contributed by atoms with Crippen LogP contribution >= 0.6 is 22.9 Å². The van der Waals surface area contributed by atoms with Gasteiger partial charge in [-0.05, 0) is 48.5 Å². The van der Waals surface area contributed by atoms with Crippen LogP contribution in [0.4, 0.5) is 5.13 Å². The van der Waals surface area contributed by atoms with E-state index in [0.717, 1.165) is 0 Å². The second-order valence-corrected chi connectivity index (χ2v) is 7.14. The Morgan fingerprint density at radius 3 is 2.71 bits per heavy atom. The Bertz CT molecular complexity index is 1230. The predicted octanol–water partition coefficient (Wildman–Crippen LogP) is 4.83. The van der Waals surface area contributed by atoms with Gasteiger partial charge in [-0.1, -0.05) is 11.6 Å². The van der Waals surface area contributed by atoms with Gasteiger partial charge in [-0.25, -0.2) is 9.78 Å². The number of anilines is 1. The van der Waals surface area contributed by atoms with Crippen LogP contribution in [0.3, 0.4) is 0 Å². The number of aromatic nitrogens is 1. The summed E-state index contributed by atoms with van der Waals surface area (Å²) in [5.74, 6) is 0.342. The minimum Gasteiger partial charge on any atom is -0.497 e. The van der Waals surface area contributed by atoms with E-state index in [0.29, 0.717) is 43.7 Å². The third-order valence-electron chi connectivity index (χ3n) is 4.05. The molecule has 6 nitrogen and oxygen atoms in total. The molecule has 0 aliphatic heterocycles. The number of halogens is 1. The summed E-state index contributed by atoms with van der Waals surface area (Å²) < 4.78 is 10.6. The summed E-state index contributed by atoms with van der Waals surface area (Å²) in [6.45, 7) is 0. The van der Waals surface area contributed by atoms with Gasteiger partial charge in [0, 0.05) is 21.4 Å². The number of methoxy groups -OCH3 is 1. The van der Waals surface area contributed by atoms with E-state index in [-0.39, 0.29) is 5.91 Å². The van der Waals surface area contributed by atoms with Crippen molar-refractivity contribution in [3.05, 3.63) is 74.9 Å². The van der Waals surface area contributed by atoms with Gasteiger partial charge in [0.05, 0.1) is 18.4 Å². The Morgan fingerprint density at radius 2 is 1.96 bits per heavy atom. The number of amides is 1. The van der Waals surface area contributed by atoms with E-state index >= 15 is 0 Å². The number of fused-ring (bicyclic) bond motifs is 1. The van der Waals surface area contributed by atoms with Gasteiger partial charge in [-0.15, -0.1) is 11.3 Å². The van der Waals surface area contributed by atoms with E-state index in [1.807, 2.05) is 0 Å². The lowest BCUT2D eigenvalue weighted by Gasteiger charge is -2.03. The predicted molar refractivity (Wildman–Crippen MR) is 110 cm³/mol. The van der Waals surface area contributed by atoms with Gasteiger partial charge in [-0.3, -0.25) is 10.1 Å². The summed E-state index contributed by atoms with van der Waals surface area (Å²) in [5.41, 5.74) is 1.15. The van der Waals surface area contributed by atoms with E-state index in [1.165, 1.54) is 11.3 Å². The highest BCUT2D eigenvalue weighted by atomic mass is 35.5. The lowest BCUT2D eigenvalue weighted by atomic mass is 10.1. The first kappa shape index (κ1) is 18.2. The zero-order chi connectivity index (χ0) is 19.7. The molecule has 2 aromatic heterocycles. The summed E-state index contributed by atoms with van der Waals surface area (Å²) in [7, 11) is 1.57. The van der Waals surface area contributed by atoms with Crippen molar-refractivity contribution in [2.24, 2.45) is 0 Å². The fourth-order valence-electron chi connectivity index (χ4n) is 2.63. The first-order chi connectivity index (χ1) is 13.5. The van der Waals surface area contributed by atoms with Crippen molar-refractivity contribution in [1.29, 1.82) is 0 Å². The van der Waals surface area contributed by atoms with Crippen LogP contribution in [0.5, 0.6) is 5.75 Å². The first-order valence-electron chi connectivity index (χ1n) is 8.18. The minimum absolute atomic E-state index is 0.309. The molecule has 0 radical (unpaired) electrons. The molecule has 0 atom stereocenters. The molecule has 1 amide bonds. The van der Waals surface area contributed by atoms with Crippen molar-refractivity contribution in [2.75, 3.05) is 12.4 Å². The summed E-state index contributed by atoms with van der Waals surface area (Å²) in [6, 6.07) is 13.4. The molecule has 2 aromatic carbocycles. The van der Waals surface area contributed by atoms with E-state index < -0.39 is 5.63 Å². The number of carbonyl (C=O) groups excluding carboxylic acids is 1. The van der Waals surface area contributed by atoms with E-state index in [2.05, 4.69) is 10.3 Å². The van der Waals surface area contributed by atoms with Gasteiger partial charge in [0.15, 0.2) is 5.13 Å². The van der Waals surface area contributed by atoms with Crippen LogP contribution in [-0.4, -0.2) is 18.0 Å². The molecule has 0 aliphatic rings. The molecule has 0 saturated heterocycles. The topological polar surface area (TPSA) is 81.4 Å². The number of ether oxygens (including phenoxy) is 1. The lowest BCUT2D eigenvalue weighted by molar-refractivity contribution is 0.102. The maximum atomic E-state index is 12.3. The first-order valence-corrected chi connectivity index (χ1v) is 9.44. The molecular weight excluding hydrogens is 400 g/mol. The van der Waals surface area contributed by atoms with Crippen molar-refractivity contribution in [1.82, 2.24) is 4.98 Å². The molecule has 0 aliphatic carbocycles. The molecule has 0 saturated carbocycles. The second-order valence-electron chi connectivity index (χ2n) is 5.85. The van der Waals surface area contributed by atoms with Crippen molar-refractivity contribution in [3.63, 3.8) is 0 Å². The molecule has 4 aromatic rings. The number of benzene rings is 2. The van der Waals surface area contributed by atoms with Crippen molar-refractivity contribution in [3.8, 4) is 17.0 Å². The van der Waals surface area contributed by atoms with Crippen LogP contribution in [0.15, 0.2) is 63.1 Å². The number of rotatable bonds is 4. The highest BCUT2D eigenvalue weighted by molar-refractivity contribution is 7.14. The molecule has 8 heteroatoms. The molecular formula is C20H13ClN2O4S. The van der Waals surface area contributed by atoms with Gasteiger partial charge in [0.2, 0.25) is 0 Å². The molecule has 0 unspecified atom stereocenters. The zero-order valence-electron chi connectivity index (χ0n) is 14.6. The van der Waals surface area contributed by atoms with Gasteiger partial charge in [-0.2, -0.15) is 0 Å². The van der Waals surface area contributed by atoms with Crippen LogP contribution in [-0.2, 0) is 0 Å². The summed E-state index contributed by atoms with van der Waals surface area (Å²) in [4.78, 5) is 29.0. The molecule has 140 valence electrons. The highest BCUT2D eigenvalue weighted by Gasteiger charge is 2.14. The number of nitrogens with zero attached hydrogens (tertiary/aromatic N) is 1. The van der Waals surface area contributed by atoms with Gasteiger partial charge >= 0.3 is 5.63 Å². The summed E-state index contributed by atoms with van der Waals surface area (Å²) in [6.07, 6.45) is 0. The average molecular weight is 413 g/mol. The van der Waals surface area contributed by atoms with Gasteiger partial charge in [0.25, 0.3) is 5.91 Å². The maximum absolute atomic E-state index is 12.3.